The fourth-order valence-corrected chi connectivity index (χ4v) is 1.62. The molecule has 0 aliphatic rings. The van der Waals surface area contributed by atoms with E-state index in [9.17, 15) is 0 Å². The van der Waals surface area contributed by atoms with Crippen LogP contribution in [0.25, 0.3) is 0 Å². The highest BCUT2D eigenvalue weighted by atomic mass is 16.3. The van der Waals surface area contributed by atoms with Gasteiger partial charge in [-0.2, -0.15) is 0 Å². The maximum atomic E-state index is 9.14. The molecule has 0 fully saturated rings. The summed E-state index contributed by atoms with van der Waals surface area (Å²) in [5, 5.41) is 9.14. The first-order chi connectivity index (χ1) is 7.68. The van der Waals surface area contributed by atoms with E-state index in [0.29, 0.717) is 0 Å². The molecule has 1 aromatic heterocycles. The van der Waals surface area contributed by atoms with Crippen LogP contribution in [-0.4, -0.2) is 41.2 Å². The number of rotatable bonds is 7. The normalized spacial score (nSPS) is 13.0. The fraction of sp³-hybridized carbons (Fsp3) is 0.615. The third-order valence-corrected chi connectivity index (χ3v) is 2.64. The zero-order valence-electron chi connectivity index (χ0n) is 10.3. The van der Waals surface area contributed by atoms with E-state index in [2.05, 4.69) is 23.0 Å². The van der Waals surface area contributed by atoms with E-state index >= 15 is 0 Å². The lowest BCUT2D eigenvalue weighted by Crippen LogP contribution is -2.23. The highest BCUT2D eigenvalue weighted by molar-refractivity contribution is 5.03. The number of pyridine rings is 1. The second-order valence-corrected chi connectivity index (χ2v) is 4.37. The molecule has 1 atom stereocenters. The summed E-state index contributed by atoms with van der Waals surface area (Å²) in [6, 6.07) is 6.02. The SMILES string of the molecule is CC(O)CCCN(C)CCc1ccccn1. The molecule has 0 aliphatic heterocycles. The van der Waals surface area contributed by atoms with Crippen molar-refractivity contribution in [3.63, 3.8) is 0 Å². The van der Waals surface area contributed by atoms with Crippen molar-refractivity contribution in [1.82, 2.24) is 9.88 Å². The predicted octanol–water partition coefficient (Wildman–Crippen LogP) is 1.72. The van der Waals surface area contributed by atoms with E-state index in [0.717, 1.165) is 38.0 Å². The Kier molecular flexibility index (Phi) is 6.04. The number of hydrogen-bond donors (Lipinski definition) is 1. The first-order valence-electron chi connectivity index (χ1n) is 5.95. The second-order valence-electron chi connectivity index (χ2n) is 4.37. The summed E-state index contributed by atoms with van der Waals surface area (Å²) in [5.41, 5.74) is 1.14. The minimum absolute atomic E-state index is 0.177. The van der Waals surface area contributed by atoms with Crippen molar-refractivity contribution < 1.29 is 5.11 Å². The molecule has 1 heterocycles. The molecule has 1 rings (SSSR count). The van der Waals surface area contributed by atoms with Gasteiger partial charge in [-0.3, -0.25) is 4.98 Å². The van der Waals surface area contributed by atoms with Crippen molar-refractivity contribution in [3.05, 3.63) is 30.1 Å². The number of hydrogen-bond acceptors (Lipinski definition) is 3. The molecule has 0 aliphatic carbocycles. The summed E-state index contributed by atoms with van der Waals surface area (Å²) in [6.45, 7) is 3.91. The van der Waals surface area contributed by atoms with E-state index in [1.165, 1.54) is 0 Å². The van der Waals surface area contributed by atoms with Gasteiger partial charge in [-0.15, -0.1) is 0 Å². The molecule has 16 heavy (non-hydrogen) atoms. The molecule has 3 nitrogen and oxygen atoms in total. The van der Waals surface area contributed by atoms with Crippen molar-refractivity contribution in [2.45, 2.75) is 32.3 Å². The summed E-state index contributed by atoms with van der Waals surface area (Å²) < 4.78 is 0. The minimum atomic E-state index is -0.177. The summed E-state index contributed by atoms with van der Waals surface area (Å²) in [6.07, 6.45) is 4.59. The third-order valence-electron chi connectivity index (χ3n) is 2.64. The highest BCUT2D eigenvalue weighted by Gasteiger charge is 2.01. The Bertz CT molecular complexity index is 275. The number of aliphatic hydroxyl groups excluding tert-OH is 1. The van der Waals surface area contributed by atoms with Crippen molar-refractivity contribution in [2.75, 3.05) is 20.1 Å². The largest absolute Gasteiger partial charge is 0.393 e. The van der Waals surface area contributed by atoms with Crippen LogP contribution in [-0.2, 0) is 6.42 Å². The fourth-order valence-electron chi connectivity index (χ4n) is 1.62. The summed E-state index contributed by atoms with van der Waals surface area (Å²) in [5.74, 6) is 0. The van der Waals surface area contributed by atoms with Gasteiger partial charge in [0.2, 0.25) is 0 Å². The average molecular weight is 222 g/mol. The topological polar surface area (TPSA) is 36.4 Å². The molecule has 0 aromatic carbocycles. The Balaban J connectivity index is 2.13. The first-order valence-corrected chi connectivity index (χ1v) is 5.95. The quantitative estimate of drug-likeness (QED) is 0.763. The van der Waals surface area contributed by atoms with Crippen LogP contribution in [0.1, 0.15) is 25.5 Å². The minimum Gasteiger partial charge on any atom is -0.393 e. The Morgan fingerprint density at radius 1 is 1.38 bits per heavy atom. The van der Waals surface area contributed by atoms with Gasteiger partial charge in [0.15, 0.2) is 0 Å². The standard InChI is InChI=1S/C13H22N2O/c1-12(16)6-5-10-15(2)11-8-13-7-3-4-9-14-13/h3-4,7,9,12,16H,5-6,8,10-11H2,1-2H3. The van der Waals surface area contributed by atoms with E-state index in [-0.39, 0.29) is 6.10 Å². The number of nitrogens with zero attached hydrogens (tertiary/aromatic N) is 2. The lowest BCUT2D eigenvalue weighted by atomic mass is 10.2. The Hall–Kier alpha value is -0.930. The molecule has 90 valence electrons. The van der Waals surface area contributed by atoms with Crippen molar-refractivity contribution in [1.29, 1.82) is 0 Å². The van der Waals surface area contributed by atoms with Crippen LogP contribution in [0, 0.1) is 0 Å². The van der Waals surface area contributed by atoms with Gasteiger partial charge in [-0.1, -0.05) is 6.07 Å². The molecule has 0 saturated carbocycles. The molecule has 0 bridgehead atoms. The van der Waals surface area contributed by atoms with Crippen LogP contribution in [0.2, 0.25) is 0 Å². The average Bonchev–Trinajstić information content (AvgIpc) is 2.27. The van der Waals surface area contributed by atoms with Crippen LogP contribution in [0.3, 0.4) is 0 Å². The van der Waals surface area contributed by atoms with E-state index < -0.39 is 0 Å². The van der Waals surface area contributed by atoms with Crippen LogP contribution in [0.5, 0.6) is 0 Å². The van der Waals surface area contributed by atoms with Gasteiger partial charge in [-0.05, 0) is 45.5 Å². The third kappa shape index (κ3) is 5.83. The van der Waals surface area contributed by atoms with E-state index in [1.54, 1.807) is 0 Å². The molecular weight excluding hydrogens is 200 g/mol. The lowest BCUT2D eigenvalue weighted by Gasteiger charge is -2.16. The molecule has 1 N–H and O–H groups in total. The number of likely N-dealkylation sites (N-methyl/N-ethyl adjacent to an activating group) is 1. The van der Waals surface area contributed by atoms with Gasteiger partial charge in [0.1, 0.15) is 0 Å². The maximum Gasteiger partial charge on any atom is 0.0512 e. The van der Waals surface area contributed by atoms with Crippen LogP contribution < -0.4 is 0 Å². The maximum absolute atomic E-state index is 9.14. The van der Waals surface area contributed by atoms with Gasteiger partial charge in [0, 0.05) is 24.9 Å². The van der Waals surface area contributed by atoms with Gasteiger partial charge in [-0.25, -0.2) is 0 Å². The molecule has 0 amide bonds. The van der Waals surface area contributed by atoms with Crippen LogP contribution in [0.4, 0.5) is 0 Å². The zero-order chi connectivity index (χ0) is 11.8. The first kappa shape index (κ1) is 13.1. The van der Waals surface area contributed by atoms with Gasteiger partial charge in [0.05, 0.1) is 6.10 Å². The zero-order valence-corrected chi connectivity index (χ0v) is 10.3. The number of aromatic nitrogens is 1. The van der Waals surface area contributed by atoms with E-state index in [1.807, 2.05) is 25.3 Å². The van der Waals surface area contributed by atoms with Crippen molar-refractivity contribution >= 4 is 0 Å². The molecule has 1 unspecified atom stereocenters. The van der Waals surface area contributed by atoms with Gasteiger partial charge < -0.3 is 10.0 Å². The molecule has 0 saturated heterocycles. The molecule has 3 heteroatoms. The van der Waals surface area contributed by atoms with Gasteiger partial charge >= 0.3 is 0 Å². The number of aliphatic hydroxyl groups is 1. The van der Waals surface area contributed by atoms with Crippen molar-refractivity contribution in [3.8, 4) is 0 Å². The summed E-state index contributed by atoms with van der Waals surface area (Å²) >= 11 is 0. The Morgan fingerprint density at radius 2 is 2.19 bits per heavy atom. The molecule has 0 radical (unpaired) electrons. The summed E-state index contributed by atoms with van der Waals surface area (Å²) in [4.78, 5) is 6.58. The molecule has 1 aromatic rings. The van der Waals surface area contributed by atoms with E-state index in [4.69, 9.17) is 5.11 Å². The highest BCUT2D eigenvalue weighted by Crippen LogP contribution is 2.00. The summed E-state index contributed by atoms with van der Waals surface area (Å²) in [7, 11) is 2.12. The molecular formula is C13H22N2O. The lowest BCUT2D eigenvalue weighted by molar-refractivity contribution is 0.174. The second kappa shape index (κ2) is 7.36. The molecule has 0 spiro atoms. The smallest absolute Gasteiger partial charge is 0.0512 e. The monoisotopic (exact) mass is 222 g/mol. The Morgan fingerprint density at radius 3 is 2.81 bits per heavy atom. The van der Waals surface area contributed by atoms with Crippen LogP contribution >= 0.6 is 0 Å². The van der Waals surface area contributed by atoms with Gasteiger partial charge in [0.25, 0.3) is 0 Å². The predicted molar refractivity (Wildman–Crippen MR) is 66.4 cm³/mol. The Labute approximate surface area is 98.1 Å². The van der Waals surface area contributed by atoms with Crippen molar-refractivity contribution in [2.24, 2.45) is 0 Å². The van der Waals surface area contributed by atoms with Crippen LogP contribution in [0.15, 0.2) is 24.4 Å².